The van der Waals surface area contributed by atoms with Crippen molar-refractivity contribution in [3.8, 4) is 0 Å². The summed E-state index contributed by atoms with van der Waals surface area (Å²) in [4.78, 5) is 0. The molecule has 1 aliphatic rings. The topological polar surface area (TPSA) is 0 Å². The summed E-state index contributed by atoms with van der Waals surface area (Å²) >= 11 is 0. The second-order valence-corrected chi connectivity index (χ2v) is 2.74. The van der Waals surface area contributed by atoms with Crippen LogP contribution in [0.4, 0.5) is 0 Å². The molecule has 0 heteroatoms. The third kappa shape index (κ3) is 10.0. The van der Waals surface area contributed by atoms with Crippen LogP contribution in [0.1, 0.15) is 66.7 Å². The molecular formula is C11H26. The van der Waals surface area contributed by atoms with Crippen LogP contribution in [-0.2, 0) is 0 Å². The SMILES string of the molecule is CC.CC.CC1CCCCC1. The van der Waals surface area contributed by atoms with Gasteiger partial charge in [-0.15, -0.1) is 0 Å². The molecule has 0 aromatic carbocycles. The predicted octanol–water partition coefficient (Wildman–Crippen LogP) is 4.64. The summed E-state index contributed by atoms with van der Waals surface area (Å²) in [7, 11) is 0. The van der Waals surface area contributed by atoms with E-state index in [9.17, 15) is 0 Å². The van der Waals surface area contributed by atoms with Crippen molar-refractivity contribution in [2.75, 3.05) is 0 Å². The van der Waals surface area contributed by atoms with Crippen LogP contribution >= 0.6 is 0 Å². The van der Waals surface area contributed by atoms with Gasteiger partial charge in [-0.05, 0) is 5.92 Å². The summed E-state index contributed by atoms with van der Waals surface area (Å²) in [6.07, 6.45) is 7.44. The van der Waals surface area contributed by atoms with Crippen LogP contribution in [0, 0.1) is 5.92 Å². The van der Waals surface area contributed by atoms with Crippen molar-refractivity contribution in [3.63, 3.8) is 0 Å². The molecule has 0 nitrogen and oxygen atoms in total. The van der Waals surface area contributed by atoms with Crippen LogP contribution < -0.4 is 0 Å². The first-order valence-electron chi connectivity index (χ1n) is 5.39. The van der Waals surface area contributed by atoms with Crippen molar-refractivity contribution in [2.45, 2.75) is 66.7 Å². The normalized spacial score (nSPS) is 17.2. The zero-order chi connectivity index (χ0) is 9.11. The first-order chi connectivity index (χ1) is 5.39. The Morgan fingerprint density at radius 2 is 1.09 bits per heavy atom. The third-order valence-electron chi connectivity index (χ3n) is 1.89. The van der Waals surface area contributed by atoms with E-state index in [0.717, 1.165) is 5.92 Å². The van der Waals surface area contributed by atoms with E-state index >= 15 is 0 Å². The maximum Gasteiger partial charge on any atom is -0.0443 e. The molecule has 1 rings (SSSR count). The van der Waals surface area contributed by atoms with Crippen LogP contribution in [0.15, 0.2) is 0 Å². The van der Waals surface area contributed by atoms with E-state index in [1.54, 1.807) is 0 Å². The summed E-state index contributed by atoms with van der Waals surface area (Å²) < 4.78 is 0. The van der Waals surface area contributed by atoms with Gasteiger partial charge in [0.05, 0.1) is 0 Å². The van der Waals surface area contributed by atoms with E-state index in [-0.39, 0.29) is 0 Å². The lowest BCUT2D eigenvalue weighted by Gasteiger charge is -2.15. The molecule has 0 saturated heterocycles. The van der Waals surface area contributed by atoms with Crippen LogP contribution in [0.25, 0.3) is 0 Å². The Balaban J connectivity index is 0. The smallest absolute Gasteiger partial charge is 0.0443 e. The fraction of sp³-hybridized carbons (Fsp3) is 1.00. The lowest BCUT2D eigenvalue weighted by Crippen LogP contribution is -1.99. The largest absolute Gasteiger partial charge is 0.0683 e. The highest BCUT2D eigenvalue weighted by atomic mass is 14.1. The Kier molecular flexibility index (Phi) is 15.6. The first-order valence-corrected chi connectivity index (χ1v) is 5.39. The molecule has 0 bridgehead atoms. The van der Waals surface area contributed by atoms with Crippen LogP contribution in [-0.4, -0.2) is 0 Å². The van der Waals surface area contributed by atoms with Gasteiger partial charge in [-0.3, -0.25) is 0 Å². The Bertz CT molecular complexity index is 42.0. The second-order valence-electron chi connectivity index (χ2n) is 2.74. The maximum absolute atomic E-state index is 2.36. The molecule has 0 spiro atoms. The quantitative estimate of drug-likeness (QED) is 0.482. The summed E-state index contributed by atoms with van der Waals surface area (Å²) in [6, 6.07) is 0. The van der Waals surface area contributed by atoms with Gasteiger partial charge >= 0.3 is 0 Å². The van der Waals surface area contributed by atoms with Crippen LogP contribution in [0.5, 0.6) is 0 Å². The van der Waals surface area contributed by atoms with E-state index in [4.69, 9.17) is 0 Å². The van der Waals surface area contributed by atoms with Crippen LogP contribution in [0.3, 0.4) is 0 Å². The first kappa shape index (κ1) is 13.6. The van der Waals surface area contributed by atoms with Crippen molar-refractivity contribution < 1.29 is 0 Å². The lowest BCUT2D eigenvalue weighted by atomic mass is 9.91. The standard InChI is InChI=1S/C7H14.2C2H6/c1-7-5-3-2-4-6-7;2*1-2/h7H,2-6H2,1H3;2*1-2H3. The van der Waals surface area contributed by atoms with E-state index in [0.29, 0.717) is 0 Å². The van der Waals surface area contributed by atoms with Gasteiger partial charge in [-0.25, -0.2) is 0 Å². The van der Waals surface area contributed by atoms with Gasteiger partial charge in [0.25, 0.3) is 0 Å². The Morgan fingerprint density at radius 3 is 1.27 bits per heavy atom. The summed E-state index contributed by atoms with van der Waals surface area (Å²) in [5.74, 6) is 1.04. The van der Waals surface area contributed by atoms with E-state index < -0.39 is 0 Å². The monoisotopic (exact) mass is 158 g/mol. The van der Waals surface area contributed by atoms with Gasteiger partial charge in [0.1, 0.15) is 0 Å². The molecule has 0 radical (unpaired) electrons. The minimum atomic E-state index is 1.04. The van der Waals surface area contributed by atoms with Gasteiger partial charge in [-0.2, -0.15) is 0 Å². The van der Waals surface area contributed by atoms with E-state index in [2.05, 4.69) is 6.92 Å². The van der Waals surface area contributed by atoms with Crippen molar-refractivity contribution in [1.82, 2.24) is 0 Å². The molecule has 0 aliphatic heterocycles. The Morgan fingerprint density at radius 1 is 0.727 bits per heavy atom. The lowest BCUT2D eigenvalue weighted by molar-refractivity contribution is 0.385. The van der Waals surface area contributed by atoms with Gasteiger partial charge in [0, 0.05) is 0 Å². The molecule has 1 fully saturated rings. The van der Waals surface area contributed by atoms with Crippen LogP contribution in [0.2, 0.25) is 0 Å². The van der Waals surface area contributed by atoms with Gasteiger partial charge < -0.3 is 0 Å². The van der Waals surface area contributed by atoms with Crippen molar-refractivity contribution in [3.05, 3.63) is 0 Å². The van der Waals surface area contributed by atoms with Crippen molar-refractivity contribution >= 4 is 0 Å². The van der Waals surface area contributed by atoms with Crippen molar-refractivity contribution in [2.24, 2.45) is 5.92 Å². The Labute approximate surface area is 73.4 Å². The molecule has 0 atom stereocenters. The molecule has 0 unspecified atom stereocenters. The molecular weight excluding hydrogens is 132 g/mol. The molecule has 70 valence electrons. The van der Waals surface area contributed by atoms with E-state index in [1.165, 1.54) is 32.1 Å². The number of hydrogen-bond donors (Lipinski definition) is 0. The molecule has 1 saturated carbocycles. The second kappa shape index (κ2) is 12.7. The van der Waals surface area contributed by atoms with E-state index in [1.807, 2.05) is 27.7 Å². The molecule has 11 heavy (non-hydrogen) atoms. The third-order valence-corrected chi connectivity index (χ3v) is 1.89. The minimum absolute atomic E-state index is 1.04. The van der Waals surface area contributed by atoms with Crippen molar-refractivity contribution in [1.29, 1.82) is 0 Å². The Hall–Kier alpha value is 0. The molecule has 1 aliphatic carbocycles. The summed E-state index contributed by atoms with van der Waals surface area (Å²) in [6.45, 7) is 10.4. The molecule has 0 aromatic rings. The fourth-order valence-electron chi connectivity index (χ4n) is 1.31. The maximum atomic E-state index is 2.36. The average Bonchev–Trinajstić information content (AvgIpc) is 2.13. The average molecular weight is 158 g/mol. The van der Waals surface area contributed by atoms with Gasteiger partial charge in [-0.1, -0.05) is 66.7 Å². The predicted molar refractivity (Wildman–Crippen MR) is 54.9 cm³/mol. The number of rotatable bonds is 0. The molecule has 0 heterocycles. The highest BCUT2D eigenvalue weighted by molar-refractivity contribution is 4.59. The highest BCUT2D eigenvalue weighted by Crippen LogP contribution is 2.21. The zero-order valence-electron chi connectivity index (χ0n) is 9.11. The highest BCUT2D eigenvalue weighted by Gasteiger charge is 2.05. The fourth-order valence-corrected chi connectivity index (χ4v) is 1.31. The zero-order valence-corrected chi connectivity index (χ0v) is 9.11. The minimum Gasteiger partial charge on any atom is -0.0683 e. The molecule has 0 N–H and O–H groups in total. The number of hydrogen-bond acceptors (Lipinski definition) is 0. The van der Waals surface area contributed by atoms with Gasteiger partial charge in [0.2, 0.25) is 0 Å². The molecule has 0 amide bonds. The summed E-state index contributed by atoms with van der Waals surface area (Å²) in [5.41, 5.74) is 0. The molecule has 0 aromatic heterocycles. The van der Waals surface area contributed by atoms with Gasteiger partial charge in [0.15, 0.2) is 0 Å². The summed E-state index contributed by atoms with van der Waals surface area (Å²) in [5, 5.41) is 0.